The molecule has 4 fully saturated rings. The van der Waals surface area contributed by atoms with Gasteiger partial charge in [0.05, 0.1) is 36.9 Å². The average molecular weight is 627 g/mol. The van der Waals surface area contributed by atoms with Gasteiger partial charge in [-0.1, -0.05) is 0 Å². The zero-order valence-electron chi connectivity index (χ0n) is 23.6. The molecule has 3 heterocycles. The standard InChI is InChI=1S/C24H46N6O13/c1-29-13-16(35)20-10(3-8(28)22(42-20)41-19-7(27)2-6(26)14(33)17(19)36)39-23(13)43-24-18(37)15(34)12(11(5-31)40-24)30-21(38)9(32)4-25/h6-20,22-24,29,31-37H,2-5,25-28H2,1H3,(H,30,38)/t6-,7?,8?,9-,10+,11?,12-,13?,14?,15?,16?,17?,18?,19-,20?,22+,23?,24-/m1/s1. The number of amides is 1. The van der Waals surface area contributed by atoms with E-state index in [4.69, 9.17) is 46.6 Å². The SMILES string of the molecule is CNC1C(O[C@H]2OC(CO)[C@@H](NC(=O)[C@H](O)CN)C(O)C2O)O[C@H]2CC(N)[C@@H](O[C@@H]3C(N)C[C@@H](N)C(O)C3O)OC2C1O. The maximum atomic E-state index is 12.1. The Labute approximate surface area is 247 Å². The van der Waals surface area contributed by atoms with Crippen LogP contribution in [0.15, 0.2) is 0 Å². The molecule has 18 atom stereocenters. The number of carbonyl (C=O) groups excluding carboxylic acids is 1. The lowest BCUT2D eigenvalue weighted by Crippen LogP contribution is -2.70. The zero-order chi connectivity index (χ0) is 31.7. The maximum absolute atomic E-state index is 12.1. The number of nitrogens with one attached hydrogen (secondary N) is 2. The van der Waals surface area contributed by atoms with Gasteiger partial charge in [0.25, 0.3) is 5.91 Å². The van der Waals surface area contributed by atoms with Gasteiger partial charge in [-0.05, 0) is 19.9 Å². The van der Waals surface area contributed by atoms with Crippen molar-refractivity contribution in [3.8, 4) is 0 Å². The molecule has 1 amide bonds. The number of aliphatic hydroxyl groups is 7. The van der Waals surface area contributed by atoms with Crippen molar-refractivity contribution in [1.82, 2.24) is 10.6 Å². The van der Waals surface area contributed by atoms with Crippen LogP contribution in [-0.2, 0) is 28.5 Å². The molecule has 3 aliphatic heterocycles. The van der Waals surface area contributed by atoms with Crippen LogP contribution in [0.2, 0.25) is 0 Å². The highest BCUT2D eigenvalue weighted by Gasteiger charge is 2.54. The molecule has 0 radical (unpaired) electrons. The van der Waals surface area contributed by atoms with Crippen molar-refractivity contribution in [2.75, 3.05) is 20.2 Å². The second kappa shape index (κ2) is 14.5. The van der Waals surface area contributed by atoms with Crippen LogP contribution >= 0.6 is 0 Å². The summed E-state index contributed by atoms with van der Waals surface area (Å²) < 4.78 is 29.4. The minimum absolute atomic E-state index is 0.0936. The van der Waals surface area contributed by atoms with E-state index in [1.165, 1.54) is 7.05 Å². The van der Waals surface area contributed by atoms with Gasteiger partial charge in [-0.25, -0.2) is 0 Å². The molecule has 4 rings (SSSR count). The number of aliphatic hydroxyl groups excluding tert-OH is 7. The van der Waals surface area contributed by atoms with E-state index in [1.807, 2.05) is 0 Å². The highest BCUT2D eigenvalue weighted by atomic mass is 16.8. The zero-order valence-corrected chi connectivity index (χ0v) is 23.6. The third kappa shape index (κ3) is 7.13. The summed E-state index contributed by atoms with van der Waals surface area (Å²) in [4.78, 5) is 12.1. The first-order chi connectivity index (χ1) is 20.3. The van der Waals surface area contributed by atoms with Crippen molar-refractivity contribution >= 4 is 5.91 Å². The average Bonchev–Trinajstić information content (AvgIpc) is 2.97. The fraction of sp³-hybridized carbons (Fsp3) is 0.958. The Balaban J connectivity index is 1.42. The Kier molecular flexibility index (Phi) is 11.7. The summed E-state index contributed by atoms with van der Waals surface area (Å²) in [6, 6.07) is -4.55. The molecule has 1 saturated carbocycles. The van der Waals surface area contributed by atoms with Gasteiger partial charge in [0.15, 0.2) is 18.9 Å². The van der Waals surface area contributed by atoms with Crippen LogP contribution in [0.25, 0.3) is 0 Å². The highest BCUT2D eigenvalue weighted by molar-refractivity contribution is 5.81. The first kappa shape index (κ1) is 34.7. The van der Waals surface area contributed by atoms with E-state index in [2.05, 4.69) is 10.6 Å². The van der Waals surface area contributed by atoms with Crippen LogP contribution in [0.1, 0.15) is 12.8 Å². The number of fused-ring (bicyclic) bond motifs is 1. The summed E-state index contributed by atoms with van der Waals surface area (Å²) in [5, 5.41) is 78.0. The third-order valence-corrected chi connectivity index (χ3v) is 8.52. The van der Waals surface area contributed by atoms with Crippen LogP contribution < -0.4 is 33.6 Å². The number of carbonyl (C=O) groups is 1. The molecule has 43 heavy (non-hydrogen) atoms. The van der Waals surface area contributed by atoms with Crippen LogP contribution in [-0.4, -0.2) is 172 Å². The topological polar surface area (TPSA) is 333 Å². The molecule has 0 aromatic carbocycles. The van der Waals surface area contributed by atoms with Gasteiger partial charge >= 0.3 is 0 Å². The molecule has 3 saturated heterocycles. The monoisotopic (exact) mass is 626 g/mol. The van der Waals surface area contributed by atoms with Crippen molar-refractivity contribution in [3.05, 3.63) is 0 Å². The molecule has 0 aromatic rings. The second-order valence-electron chi connectivity index (χ2n) is 11.5. The van der Waals surface area contributed by atoms with Crippen LogP contribution in [0.4, 0.5) is 0 Å². The van der Waals surface area contributed by atoms with Gasteiger partial charge < -0.3 is 93.0 Å². The molecular weight excluding hydrogens is 580 g/mol. The van der Waals surface area contributed by atoms with Gasteiger partial charge in [-0.3, -0.25) is 4.79 Å². The highest BCUT2D eigenvalue weighted by Crippen LogP contribution is 2.35. The lowest BCUT2D eigenvalue weighted by molar-refractivity contribution is -0.373. The summed E-state index contributed by atoms with van der Waals surface area (Å²) in [5.74, 6) is -0.934. The minimum atomic E-state index is -1.75. The molecule has 0 spiro atoms. The Bertz CT molecular complexity index is 925. The number of nitrogens with two attached hydrogens (primary N) is 4. The molecule has 4 aliphatic rings. The third-order valence-electron chi connectivity index (χ3n) is 8.52. The number of rotatable bonds is 9. The molecule has 250 valence electrons. The Morgan fingerprint density at radius 3 is 2.16 bits per heavy atom. The van der Waals surface area contributed by atoms with Gasteiger partial charge in [0, 0.05) is 18.6 Å². The Hall–Kier alpha value is -1.21. The molecule has 1 aliphatic carbocycles. The largest absolute Gasteiger partial charge is 0.394 e. The van der Waals surface area contributed by atoms with E-state index >= 15 is 0 Å². The van der Waals surface area contributed by atoms with Crippen molar-refractivity contribution in [2.24, 2.45) is 22.9 Å². The molecule has 0 bridgehead atoms. The maximum Gasteiger partial charge on any atom is 0.250 e. The first-order valence-corrected chi connectivity index (χ1v) is 14.2. The fourth-order valence-electron chi connectivity index (χ4n) is 5.97. The molecule has 11 unspecified atom stereocenters. The van der Waals surface area contributed by atoms with Crippen LogP contribution in [0.3, 0.4) is 0 Å². The van der Waals surface area contributed by atoms with E-state index in [0.29, 0.717) is 0 Å². The van der Waals surface area contributed by atoms with E-state index < -0.39 is 129 Å². The molecular formula is C24H46N6O13. The number of hydrogen-bond donors (Lipinski definition) is 13. The second-order valence-corrected chi connectivity index (χ2v) is 11.5. The van der Waals surface area contributed by atoms with Crippen molar-refractivity contribution in [1.29, 1.82) is 0 Å². The predicted molar refractivity (Wildman–Crippen MR) is 142 cm³/mol. The van der Waals surface area contributed by atoms with E-state index in [-0.39, 0.29) is 12.8 Å². The summed E-state index contributed by atoms with van der Waals surface area (Å²) >= 11 is 0. The van der Waals surface area contributed by atoms with Crippen LogP contribution in [0.5, 0.6) is 0 Å². The smallest absolute Gasteiger partial charge is 0.250 e. The summed E-state index contributed by atoms with van der Waals surface area (Å²) in [5.41, 5.74) is 23.5. The summed E-state index contributed by atoms with van der Waals surface area (Å²) in [6.07, 6.45) is -16.8. The van der Waals surface area contributed by atoms with Gasteiger partial charge in [0.2, 0.25) is 0 Å². The molecule has 19 nitrogen and oxygen atoms in total. The fourth-order valence-corrected chi connectivity index (χ4v) is 5.97. The van der Waals surface area contributed by atoms with Crippen molar-refractivity contribution in [3.63, 3.8) is 0 Å². The molecule has 17 N–H and O–H groups in total. The Morgan fingerprint density at radius 2 is 1.53 bits per heavy atom. The van der Waals surface area contributed by atoms with Gasteiger partial charge in [-0.15, -0.1) is 0 Å². The normalized spacial score (nSPS) is 49.6. The van der Waals surface area contributed by atoms with Crippen molar-refractivity contribution in [2.45, 2.75) is 123 Å². The quantitative estimate of drug-likeness (QED) is 0.113. The van der Waals surface area contributed by atoms with Crippen LogP contribution in [0, 0.1) is 0 Å². The number of hydrogen-bond acceptors (Lipinski definition) is 18. The molecule has 19 heteroatoms. The van der Waals surface area contributed by atoms with Crippen molar-refractivity contribution < 1.29 is 64.2 Å². The lowest BCUT2D eigenvalue weighted by atomic mass is 9.84. The predicted octanol–water partition coefficient (Wildman–Crippen LogP) is -8.47. The summed E-state index contributed by atoms with van der Waals surface area (Å²) in [7, 11) is 1.51. The summed E-state index contributed by atoms with van der Waals surface area (Å²) in [6.45, 7) is -1.09. The van der Waals surface area contributed by atoms with Gasteiger partial charge in [-0.2, -0.15) is 0 Å². The lowest BCUT2D eigenvalue weighted by Gasteiger charge is -2.51. The van der Waals surface area contributed by atoms with E-state index in [0.717, 1.165) is 0 Å². The molecule has 0 aromatic heterocycles. The Morgan fingerprint density at radius 1 is 0.837 bits per heavy atom. The first-order valence-electron chi connectivity index (χ1n) is 14.2. The minimum Gasteiger partial charge on any atom is -0.394 e. The number of ether oxygens (including phenoxy) is 5. The van der Waals surface area contributed by atoms with Gasteiger partial charge in [0.1, 0.15) is 48.8 Å². The van der Waals surface area contributed by atoms with E-state index in [1.54, 1.807) is 0 Å². The number of likely N-dealkylation sites (N-methyl/N-ethyl adjacent to an activating group) is 1. The van der Waals surface area contributed by atoms with E-state index in [9.17, 15) is 40.5 Å².